The van der Waals surface area contributed by atoms with Crippen LogP contribution in [0.25, 0.3) is 0 Å². The van der Waals surface area contributed by atoms with Crippen LogP contribution in [0, 0.1) is 13.8 Å². The molecule has 3 N–H and O–H groups in total. The number of carbonyl (C=O) groups is 1. The van der Waals surface area contributed by atoms with Crippen LogP contribution in [-0.4, -0.2) is 22.7 Å². The van der Waals surface area contributed by atoms with Crippen LogP contribution in [0.15, 0.2) is 42.5 Å². The molecule has 2 rings (SSSR count). The largest absolute Gasteiger partial charge is 0.387 e. The Morgan fingerprint density at radius 1 is 1.14 bits per heavy atom. The molecule has 0 saturated heterocycles. The summed E-state index contributed by atoms with van der Waals surface area (Å²) in [5.74, 6) is 0. The van der Waals surface area contributed by atoms with Gasteiger partial charge in [-0.05, 0) is 37.1 Å². The number of benzene rings is 1. The van der Waals surface area contributed by atoms with Crippen LogP contribution in [0.4, 0.5) is 4.79 Å². The molecule has 0 bridgehead atoms. The molecule has 1 aromatic carbocycles. The number of aryl methyl sites for hydroxylation is 2. The lowest BCUT2D eigenvalue weighted by Gasteiger charge is -2.15. The Bertz CT molecular complexity index is 643. The van der Waals surface area contributed by atoms with Crippen molar-refractivity contribution in [1.82, 2.24) is 15.6 Å². The quantitative estimate of drug-likeness (QED) is 0.792. The molecule has 5 nitrogen and oxygen atoms in total. The first-order valence-electron chi connectivity index (χ1n) is 7.24. The van der Waals surface area contributed by atoms with E-state index >= 15 is 0 Å². The first-order valence-corrected chi connectivity index (χ1v) is 7.24. The molecule has 1 aromatic heterocycles. The average molecular weight is 299 g/mol. The molecule has 2 amide bonds. The topological polar surface area (TPSA) is 74.2 Å². The third-order valence-electron chi connectivity index (χ3n) is 3.38. The Morgan fingerprint density at radius 2 is 1.91 bits per heavy atom. The van der Waals surface area contributed by atoms with Crippen LogP contribution in [-0.2, 0) is 6.54 Å². The molecule has 0 aliphatic heterocycles. The highest BCUT2D eigenvalue weighted by molar-refractivity contribution is 5.73. The van der Waals surface area contributed by atoms with E-state index in [-0.39, 0.29) is 12.6 Å². The third-order valence-corrected chi connectivity index (χ3v) is 3.38. The minimum Gasteiger partial charge on any atom is -0.387 e. The van der Waals surface area contributed by atoms with Crippen molar-refractivity contribution < 1.29 is 9.90 Å². The van der Waals surface area contributed by atoms with Gasteiger partial charge in [0.25, 0.3) is 0 Å². The van der Waals surface area contributed by atoms with Crippen LogP contribution in [0.5, 0.6) is 0 Å². The van der Waals surface area contributed by atoms with Crippen LogP contribution in [0.2, 0.25) is 0 Å². The molecular formula is C17H21N3O2. The first kappa shape index (κ1) is 16.0. The highest BCUT2D eigenvalue weighted by Crippen LogP contribution is 2.16. The predicted octanol–water partition coefficient (Wildman–Crippen LogP) is 2.23. The SMILES string of the molecule is Cc1cccc(CNC(=O)NCC(O)c2ccccc2C)n1. The predicted molar refractivity (Wildman–Crippen MR) is 85.4 cm³/mol. The Morgan fingerprint density at radius 3 is 2.64 bits per heavy atom. The number of carbonyl (C=O) groups excluding carboxylic acids is 1. The number of nitrogens with one attached hydrogen (secondary N) is 2. The maximum absolute atomic E-state index is 11.8. The van der Waals surface area contributed by atoms with Gasteiger partial charge in [0.1, 0.15) is 0 Å². The Hall–Kier alpha value is -2.40. The first-order chi connectivity index (χ1) is 10.6. The van der Waals surface area contributed by atoms with Gasteiger partial charge in [0.05, 0.1) is 18.3 Å². The number of pyridine rings is 1. The molecule has 2 aromatic rings. The summed E-state index contributed by atoms with van der Waals surface area (Å²) in [5.41, 5.74) is 3.54. The smallest absolute Gasteiger partial charge is 0.315 e. The van der Waals surface area contributed by atoms with Crippen molar-refractivity contribution in [1.29, 1.82) is 0 Å². The van der Waals surface area contributed by atoms with Crippen molar-refractivity contribution in [2.45, 2.75) is 26.5 Å². The number of nitrogens with zero attached hydrogens (tertiary/aromatic N) is 1. The average Bonchev–Trinajstić information content (AvgIpc) is 2.51. The van der Waals surface area contributed by atoms with Gasteiger partial charge in [-0.15, -0.1) is 0 Å². The normalized spacial score (nSPS) is 11.8. The van der Waals surface area contributed by atoms with E-state index in [1.165, 1.54) is 0 Å². The lowest BCUT2D eigenvalue weighted by molar-refractivity contribution is 0.172. The number of aromatic nitrogens is 1. The summed E-state index contributed by atoms with van der Waals surface area (Å²) < 4.78 is 0. The van der Waals surface area contributed by atoms with E-state index in [0.717, 1.165) is 22.5 Å². The molecule has 116 valence electrons. The molecule has 0 aliphatic carbocycles. The second-order valence-electron chi connectivity index (χ2n) is 5.21. The molecule has 0 fully saturated rings. The lowest BCUT2D eigenvalue weighted by atomic mass is 10.0. The van der Waals surface area contributed by atoms with Crippen molar-refractivity contribution in [2.24, 2.45) is 0 Å². The molecule has 1 unspecified atom stereocenters. The maximum Gasteiger partial charge on any atom is 0.315 e. The van der Waals surface area contributed by atoms with Gasteiger partial charge in [0.15, 0.2) is 0 Å². The summed E-state index contributed by atoms with van der Waals surface area (Å²) in [6.45, 7) is 4.36. The van der Waals surface area contributed by atoms with E-state index in [9.17, 15) is 9.90 Å². The summed E-state index contributed by atoms with van der Waals surface area (Å²) in [4.78, 5) is 16.1. The zero-order valence-corrected chi connectivity index (χ0v) is 12.8. The summed E-state index contributed by atoms with van der Waals surface area (Å²) in [7, 11) is 0. The second kappa shape index (κ2) is 7.56. The van der Waals surface area contributed by atoms with Crippen molar-refractivity contribution >= 4 is 6.03 Å². The lowest BCUT2D eigenvalue weighted by Crippen LogP contribution is -2.37. The van der Waals surface area contributed by atoms with Crippen molar-refractivity contribution in [3.05, 3.63) is 65.0 Å². The highest BCUT2D eigenvalue weighted by atomic mass is 16.3. The number of aliphatic hydroxyl groups excluding tert-OH is 1. The van der Waals surface area contributed by atoms with E-state index in [1.54, 1.807) is 0 Å². The third kappa shape index (κ3) is 4.56. The second-order valence-corrected chi connectivity index (χ2v) is 5.21. The Balaban J connectivity index is 1.79. The molecule has 1 atom stereocenters. The zero-order chi connectivity index (χ0) is 15.9. The number of amides is 2. The number of rotatable bonds is 5. The number of urea groups is 1. The minimum absolute atomic E-state index is 0.165. The molecule has 0 radical (unpaired) electrons. The number of hydrogen-bond donors (Lipinski definition) is 3. The van der Waals surface area contributed by atoms with Gasteiger partial charge in [-0.3, -0.25) is 4.98 Å². The van der Waals surface area contributed by atoms with E-state index in [1.807, 2.05) is 56.3 Å². The van der Waals surface area contributed by atoms with Crippen molar-refractivity contribution in [3.8, 4) is 0 Å². The zero-order valence-electron chi connectivity index (χ0n) is 12.8. The summed E-state index contributed by atoms with van der Waals surface area (Å²) in [6, 6.07) is 12.9. The summed E-state index contributed by atoms with van der Waals surface area (Å²) in [5, 5.41) is 15.5. The fraction of sp³-hybridized carbons (Fsp3) is 0.294. The van der Waals surface area contributed by atoms with Crippen molar-refractivity contribution in [3.63, 3.8) is 0 Å². The van der Waals surface area contributed by atoms with Crippen LogP contribution in [0.1, 0.15) is 28.6 Å². The molecule has 1 heterocycles. The monoisotopic (exact) mass is 299 g/mol. The Labute approximate surface area is 130 Å². The van der Waals surface area contributed by atoms with E-state index < -0.39 is 6.10 Å². The minimum atomic E-state index is -0.718. The van der Waals surface area contributed by atoms with Gasteiger partial charge in [-0.2, -0.15) is 0 Å². The van der Waals surface area contributed by atoms with Gasteiger partial charge in [0, 0.05) is 12.2 Å². The van der Waals surface area contributed by atoms with E-state index in [0.29, 0.717) is 6.54 Å². The highest BCUT2D eigenvalue weighted by Gasteiger charge is 2.11. The summed E-state index contributed by atoms with van der Waals surface area (Å²) in [6.07, 6.45) is -0.718. The van der Waals surface area contributed by atoms with Crippen LogP contribution < -0.4 is 10.6 Å². The summed E-state index contributed by atoms with van der Waals surface area (Å²) >= 11 is 0. The van der Waals surface area contributed by atoms with Crippen LogP contribution >= 0.6 is 0 Å². The fourth-order valence-corrected chi connectivity index (χ4v) is 2.19. The molecule has 0 saturated carbocycles. The van der Waals surface area contributed by atoms with E-state index in [2.05, 4.69) is 15.6 Å². The molecule has 22 heavy (non-hydrogen) atoms. The van der Waals surface area contributed by atoms with Gasteiger partial charge < -0.3 is 15.7 Å². The van der Waals surface area contributed by atoms with Gasteiger partial charge in [-0.1, -0.05) is 30.3 Å². The maximum atomic E-state index is 11.8. The van der Waals surface area contributed by atoms with E-state index in [4.69, 9.17) is 0 Å². The van der Waals surface area contributed by atoms with Gasteiger partial charge in [0.2, 0.25) is 0 Å². The Kier molecular flexibility index (Phi) is 5.49. The van der Waals surface area contributed by atoms with Gasteiger partial charge in [-0.25, -0.2) is 4.79 Å². The molecule has 0 spiro atoms. The fourth-order valence-electron chi connectivity index (χ4n) is 2.19. The van der Waals surface area contributed by atoms with Gasteiger partial charge >= 0.3 is 6.03 Å². The molecular weight excluding hydrogens is 278 g/mol. The molecule has 5 heteroatoms. The number of aliphatic hydroxyl groups is 1. The molecule has 0 aliphatic rings. The van der Waals surface area contributed by atoms with Crippen molar-refractivity contribution in [2.75, 3.05) is 6.54 Å². The number of hydrogen-bond acceptors (Lipinski definition) is 3. The standard InChI is InChI=1S/C17H21N3O2/c1-12-6-3-4-9-15(12)16(21)11-19-17(22)18-10-14-8-5-7-13(2)20-14/h3-9,16,21H,10-11H2,1-2H3,(H2,18,19,22). The van der Waals surface area contributed by atoms with Crippen LogP contribution in [0.3, 0.4) is 0 Å².